The van der Waals surface area contributed by atoms with Crippen LogP contribution in [0.4, 0.5) is 0 Å². The molecule has 0 saturated heterocycles. The second kappa shape index (κ2) is 16.2. The number of aliphatic carboxylic acids is 1. The summed E-state index contributed by atoms with van der Waals surface area (Å²) in [5, 5.41) is 17.8. The van der Waals surface area contributed by atoms with E-state index in [1.54, 1.807) is 6.92 Å². The molecule has 0 rings (SSSR count). The maximum absolute atomic E-state index is 10.5. The summed E-state index contributed by atoms with van der Waals surface area (Å²) in [5.41, 5.74) is 0. The Balaban J connectivity index is 3.43. The van der Waals surface area contributed by atoms with E-state index in [-0.39, 0.29) is 12.7 Å². The van der Waals surface area contributed by atoms with Crippen molar-refractivity contribution in [2.75, 3.05) is 19.8 Å². The van der Waals surface area contributed by atoms with Crippen LogP contribution in [-0.4, -0.2) is 48.2 Å². The number of aliphatic hydroxyl groups excluding tert-OH is 1. The van der Waals surface area contributed by atoms with Crippen molar-refractivity contribution in [3.05, 3.63) is 0 Å². The highest BCUT2D eigenvalue weighted by Gasteiger charge is 2.18. The van der Waals surface area contributed by atoms with E-state index in [0.717, 1.165) is 12.8 Å². The van der Waals surface area contributed by atoms with E-state index >= 15 is 0 Å². The number of carbonyl (C=O) groups is 1. The van der Waals surface area contributed by atoms with E-state index in [1.807, 2.05) is 0 Å². The lowest BCUT2D eigenvalue weighted by Gasteiger charge is -2.22. The zero-order valence-corrected chi connectivity index (χ0v) is 15.0. The van der Waals surface area contributed by atoms with Gasteiger partial charge in [-0.2, -0.15) is 0 Å². The van der Waals surface area contributed by atoms with Gasteiger partial charge in [0.05, 0.1) is 12.7 Å². The molecule has 0 radical (unpaired) electrons. The van der Waals surface area contributed by atoms with Crippen molar-refractivity contribution in [3.63, 3.8) is 0 Å². The van der Waals surface area contributed by atoms with Crippen LogP contribution in [-0.2, 0) is 14.3 Å². The minimum absolute atomic E-state index is 0.230. The van der Waals surface area contributed by atoms with Gasteiger partial charge in [-0.1, -0.05) is 64.7 Å². The second-order valence-corrected chi connectivity index (χ2v) is 6.18. The van der Waals surface area contributed by atoms with Crippen LogP contribution >= 0.6 is 0 Å². The van der Waals surface area contributed by atoms with Gasteiger partial charge in [0.15, 0.2) is 0 Å². The quantitative estimate of drug-likeness (QED) is 0.396. The van der Waals surface area contributed by atoms with Crippen molar-refractivity contribution in [3.8, 4) is 0 Å². The van der Waals surface area contributed by atoms with Crippen LogP contribution < -0.4 is 0 Å². The van der Waals surface area contributed by atoms with Crippen LogP contribution in [0.25, 0.3) is 0 Å². The lowest BCUT2D eigenvalue weighted by Crippen LogP contribution is -2.34. The van der Waals surface area contributed by atoms with E-state index in [0.29, 0.717) is 6.61 Å². The predicted molar refractivity (Wildman–Crippen MR) is 91.7 cm³/mol. The summed E-state index contributed by atoms with van der Waals surface area (Å²) in [6.45, 7) is 4.04. The van der Waals surface area contributed by atoms with Gasteiger partial charge in [0.25, 0.3) is 0 Å². The highest BCUT2D eigenvalue weighted by Crippen LogP contribution is 2.11. The maximum Gasteiger partial charge on any atom is 0.329 e. The molecule has 0 bridgehead atoms. The first-order chi connectivity index (χ1) is 11.1. The molecule has 2 atom stereocenters. The third-order valence-electron chi connectivity index (χ3n) is 4.00. The molecular formula is C18H36O5. The number of hydrogen-bond donors (Lipinski definition) is 2. The molecule has 0 amide bonds. The topological polar surface area (TPSA) is 76.0 Å². The summed E-state index contributed by atoms with van der Waals surface area (Å²) >= 11 is 0. The Labute approximate surface area is 141 Å². The van der Waals surface area contributed by atoms with Crippen LogP contribution in [0.3, 0.4) is 0 Å². The first-order valence-electron chi connectivity index (χ1n) is 9.17. The second-order valence-electron chi connectivity index (χ2n) is 6.18. The minimum Gasteiger partial charge on any atom is -0.480 e. The van der Waals surface area contributed by atoms with Crippen molar-refractivity contribution < 1.29 is 24.5 Å². The minimum atomic E-state index is -1.04. The lowest BCUT2D eigenvalue weighted by molar-refractivity contribution is -0.150. The third-order valence-corrected chi connectivity index (χ3v) is 4.00. The Hall–Kier alpha value is -0.650. The molecule has 0 aromatic rings. The Morgan fingerprint density at radius 2 is 1.43 bits per heavy atom. The Bertz CT molecular complexity index is 270. The van der Waals surface area contributed by atoms with Crippen LogP contribution in [0.5, 0.6) is 0 Å². The van der Waals surface area contributed by atoms with Crippen molar-refractivity contribution in [1.29, 1.82) is 0 Å². The summed E-state index contributed by atoms with van der Waals surface area (Å²) in [6, 6.07) is 0. The number of carboxylic acid groups (broad SMARTS) is 1. The molecule has 0 saturated carbocycles. The van der Waals surface area contributed by atoms with E-state index < -0.39 is 18.7 Å². The SMILES string of the molecule is CCCCCCCCCCCCOC(C)C(CO)OCC(=O)O. The van der Waals surface area contributed by atoms with Crippen LogP contribution in [0, 0.1) is 0 Å². The Morgan fingerprint density at radius 3 is 1.91 bits per heavy atom. The maximum atomic E-state index is 10.5. The summed E-state index contributed by atoms with van der Waals surface area (Å²) in [7, 11) is 0. The summed E-state index contributed by atoms with van der Waals surface area (Å²) in [4.78, 5) is 10.5. The molecule has 0 aromatic heterocycles. The molecule has 2 unspecified atom stereocenters. The van der Waals surface area contributed by atoms with E-state index in [4.69, 9.17) is 14.6 Å². The van der Waals surface area contributed by atoms with Gasteiger partial charge in [-0.15, -0.1) is 0 Å². The van der Waals surface area contributed by atoms with Crippen molar-refractivity contribution in [2.45, 2.75) is 90.3 Å². The smallest absolute Gasteiger partial charge is 0.329 e. The summed E-state index contributed by atoms with van der Waals surface area (Å²) in [6.07, 6.45) is 11.9. The molecule has 5 heteroatoms. The summed E-state index contributed by atoms with van der Waals surface area (Å²) < 4.78 is 10.7. The van der Waals surface area contributed by atoms with E-state index in [1.165, 1.54) is 51.4 Å². The molecular weight excluding hydrogens is 296 g/mol. The first kappa shape index (κ1) is 22.4. The molecule has 0 spiro atoms. The number of ether oxygens (including phenoxy) is 2. The average Bonchev–Trinajstić information content (AvgIpc) is 2.53. The van der Waals surface area contributed by atoms with Gasteiger partial charge in [0.1, 0.15) is 12.7 Å². The van der Waals surface area contributed by atoms with Gasteiger partial charge in [-0.25, -0.2) is 4.79 Å². The summed E-state index contributed by atoms with van der Waals surface area (Å²) in [5.74, 6) is -1.04. The molecule has 0 fully saturated rings. The van der Waals surface area contributed by atoms with Gasteiger partial charge in [-0.3, -0.25) is 0 Å². The molecule has 138 valence electrons. The fourth-order valence-electron chi connectivity index (χ4n) is 2.48. The molecule has 5 nitrogen and oxygen atoms in total. The highest BCUT2D eigenvalue weighted by molar-refractivity contribution is 5.68. The lowest BCUT2D eigenvalue weighted by atomic mass is 10.1. The van der Waals surface area contributed by atoms with Gasteiger partial charge < -0.3 is 19.7 Å². The predicted octanol–water partition coefficient (Wildman–Crippen LogP) is 3.77. The standard InChI is InChI=1S/C18H36O5/c1-3-4-5-6-7-8-9-10-11-12-13-22-16(2)17(14-19)23-15-18(20)21/h16-17,19H,3-15H2,1-2H3,(H,20,21). The molecule has 0 aliphatic carbocycles. The van der Waals surface area contributed by atoms with E-state index in [2.05, 4.69) is 6.92 Å². The molecule has 0 aliphatic rings. The van der Waals surface area contributed by atoms with Gasteiger partial charge >= 0.3 is 5.97 Å². The Morgan fingerprint density at radius 1 is 0.913 bits per heavy atom. The molecule has 0 heterocycles. The van der Waals surface area contributed by atoms with Crippen molar-refractivity contribution in [1.82, 2.24) is 0 Å². The fraction of sp³-hybridized carbons (Fsp3) is 0.944. The largest absolute Gasteiger partial charge is 0.480 e. The van der Waals surface area contributed by atoms with Gasteiger partial charge in [-0.05, 0) is 13.3 Å². The normalized spacial score (nSPS) is 13.9. The van der Waals surface area contributed by atoms with Crippen molar-refractivity contribution >= 4 is 5.97 Å². The number of rotatable bonds is 17. The van der Waals surface area contributed by atoms with E-state index in [9.17, 15) is 9.90 Å². The molecule has 0 aliphatic heterocycles. The zero-order chi connectivity index (χ0) is 17.3. The number of hydrogen-bond acceptors (Lipinski definition) is 4. The highest BCUT2D eigenvalue weighted by atomic mass is 16.6. The number of carboxylic acids is 1. The van der Waals surface area contributed by atoms with Crippen LogP contribution in [0.15, 0.2) is 0 Å². The molecule has 0 aromatic carbocycles. The molecule has 23 heavy (non-hydrogen) atoms. The van der Waals surface area contributed by atoms with Crippen LogP contribution in [0.2, 0.25) is 0 Å². The zero-order valence-electron chi connectivity index (χ0n) is 15.0. The number of aliphatic hydroxyl groups is 1. The molecule has 2 N–H and O–H groups in total. The average molecular weight is 332 g/mol. The number of unbranched alkanes of at least 4 members (excludes halogenated alkanes) is 9. The van der Waals surface area contributed by atoms with Crippen LogP contribution in [0.1, 0.15) is 78.1 Å². The third kappa shape index (κ3) is 14.7. The monoisotopic (exact) mass is 332 g/mol. The fourth-order valence-corrected chi connectivity index (χ4v) is 2.48. The van der Waals surface area contributed by atoms with Gasteiger partial charge in [0.2, 0.25) is 0 Å². The Kier molecular flexibility index (Phi) is 15.8. The van der Waals surface area contributed by atoms with Gasteiger partial charge in [0, 0.05) is 6.61 Å². The van der Waals surface area contributed by atoms with Crippen molar-refractivity contribution in [2.24, 2.45) is 0 Å². The first-order valence-corrected chi connectivity index (χ1v) is 9.17.